The van der Waals surface area contributed by atoms with E-state index in [9.17, 15) is 27.5 Å². The van der Waals surface area contributed by atoms with Crippen LogP contribution in [0.15, 0.2) is 47.4 Å². The second kappa shape index (κ2) is 7.91. The van der Waals surface area contributed by atoms with E-state index in [0.717, 1.165) is 17.7 Å². The first-order valence-electron chi connectivity index (χ1n) is 8.02. The molecule has 2 aromatic rings. The lowest BCUT2D eigenvalue weighted by Crippen LogP contribution is -2.44. The van der Waals surface area contributed by atoms with Gasteiger partial charge in [-0.3, -0.25) is 9.59 Å². The smallest absolute Gasteiger partial charge is 0.324 e. The van der Waals surface area contributed by atoms with Gasteiger partial charge in [-0.25, -0.2) is 12.8 Å². The maximum atomic E-state index is 12.8. The lowest BCUT2D eigenvalue weighted by Gasteiger charge is -2.23. The summed E-state index contributed by atoms with van der Waals surface area (Å²) in [5.41, 5.74) is 0.552. The molecule has 0 aliphatic carbocycles. The number of halogens is 1. The van der Waals surface area contributed by atoms with Crippen molar-refractivity contribution >= 4 is 15.8 Å². The number of nitrogens with zero attached hydrogens (tertiary/aromatic N) is 1. The first kappa shape index (κ1) is 20.6. The molecule has 7 nitrogen and oxygen atoms in total. The standard InChI is InChI=1S/C18H20FNO6S/c1-18(17(22)23,27(2,24)25)8-9-20-11-15(26-12-19)14(10-16(20)21)13-6-4-3-5-7-13/h3-7,10-11H,8-9,12H2,1-2H3,(H,22,23)/t18-/m1/s1. The van der Waals surface area contributed by atoms with Crippen molar-refractivity contribution in [2.75, 3.05) is 13.1 Å². The number of sulfone groups is 1. The van der Waals surface area contributed by atoms with Crippen LogP contribution in [0.1, 0.15) is 13.3 Å². The molecule has 0 amide bonds. The molecule has 0 spiro atoms. The Balaban J connectivity index is 2.43. The van der Waals surface area contributed by atoms with Gasteiger partial charge in [-0.2, -0.15) is 0 Å². The molecule has 1 atom stereocenters. The zero-order valence-electron chi connectivity index (χ0n) is 14.9. The summed E-state index contributed by atoms with van der Waals surface area (Å²) in [4.78, 5) is 23.9. The third-order valence-electron chi connectivity index (χ3n) is 4.48. The molecular formula is C18H20FNO6S. The first-order valence-corrected chi connectivity index (χ1v) is 9.91. The fourth-order valence-electron chi connectivity index (χ4n) is 2.53. The minimum atomic E-state index is -3.92. The van der Waals surface area contributed by atoms with Crippen LogP contribution in [0.2, 0.25) is 0 Å². The van der Waals surface area contributed by atoms with Gasteiger partial charge in [-0.05, 0) is 18.9 Å². The van der Waals surface area contributed by atoms with Crippen LogP contribution in [0.3, 0.4) is 0 Å². The molecule has 1 N–H and O–H groups in total. The fraction of sp³-hybridized carbons (Fsp3) is 0.333. The molecule has 9 heteroatoms. The van der Waals surface area contributed by atoms with Gasteiger partial charge in [-0.1, -0.05) is 30.3 Å². The maximum Gasteiger partial charge on any atom is 0.324 e. The third kappa shape index (κ3) is 4.36. The summed E-state index contributed by atoms with van der Waals surface area (Å²) in [5, 5.41) is 9.31. The normalized spacial score (nSPS) is 13.7. The number of carboxylic acid groups (broad SMARTS) is 1. The van der Waals surface area contributed by atoms with Crippen LogP contribution in [0.5, 0.6) is 5.75 Å². The molecule has 0 unspecified atom stereocenters. The Morgan fingerprint density at radius 3 is 2.44 bits per heavy atom. The minimum Gasteiger partial charge on any atom is -0.480 e. The summed E-state index contributed by atoms with van der Waals surface area (Å²) >= 11 is 0. The number of aliphatic carboxylic acids is 1. The van der Waals surface area contributed by atoms with Gasteiger partial charge in [-0.15, -0.1) is 0 Å². The molecule has 0 fully saturated rings. The van der Waals surface area contributed by atoms with E-state index in [1.165, 1.54) is 12.3 Å². The number of aromatic nitrogens is 1. The summed E-state index contributed by atoms with van der Waals surface area (Å²) < 4.78 is 40.5. The van der Waals surface area contributed by atoms with Crippen molar-refractivity contribution in [3.8, 4) is 16.9 Å². The SMILES string of the molecule is C[C@@](CCn1cc(OCF)c(-c2ccccc2)cc1=O)(C(=O)O)S(C)(=O)=O. The second-order valence-corrected chi connectivity index (χ2v) is 8.71. The lowest BCUT2D eigenvalue weighted by atomic mass is 10.1. The molecule has 0 bridgehead atoms. The number of rotatable bonds is 8. The Hall–Kier alpha value is -2.68. The topological polar surface area (TPSA) is 103 Å². The molecule has 1 heterocycles. The van der Waals surface area contributed by atoms with Gasteiger partial charge in [0.2, 0.25) is 6.86 Å². The molecule has 0 saturated heterocycles. The Kier molecular flexibility index (Phi) is 6.04. The number of aryl methyl sites for hydroxylation is 1. The van der Waals surface area contributed by atoms with Crippen LogP contribution >= 0.6 is 0 Å². The number of alkyl halides is 1. The Labute approximate surface area is 155 Å². The van der Waals surface area contributed by atoms with E-state index in [1.54, 1.807) is 30.3 Å². The average molecular weight is 397 g/mol. The lowest BCUT2D eigenvalue weighted by molar-refractivity contribution is -0.139. The third-order valence-corrected chi connectivity index (χ3v) is 6.50. The fourth-order valence-corrected chi connectivity index (χ4v) is 3.31. The molecular weight excluding hydrogens is 377 g/mol. The van der Waals surface area contributed by atoms with E-state index < -0.39 is 33.0 Å². The summed E-state index contributed by atoms with van der Waals surface area (Å²) in [6.45, 7) is -0.215. The number of benzene rings is 1. The zero-order chi connectivity index (χ0) is 20.2. The van der Waals surface area contributed by atoms with Crippen molar-refractivity contribution in [3.05, 3.63) is 52.9 Å². The van der Waals surface area contributed by atoms with Gasteiger partial charge in [0.15, 0.2) is 14.6 Å². The summed E-state index contributed by atoms with van der Waals surface area (Å²) in [7, 11) is -3.92. The van der Waals surface area contributed by atoms with Crippen LogP contribution in [-0.4, -0.2) is 41.9 Å². The van der Waals surface area contributed by atoms with Crippen LogP contribution in [0.25, 0.3) is 11.1 Å². The van der Waals surface area contributed by atoms with Crippen LogP contribution in [-0.2, 0) is 21.2 Å². The van der Waals surface area contributed by atoms with Gasteiger partial charge < -0.3 is 14.4 Å². The Morgan fingerprint density at radius 1 is 1.30 bits per heavy atom. The number of hydrogen-bond acceptors (Lipinski definition) is 5. The zero-order valence-corrected chi connectivity index (χ0v) is 15.7. The summed E-state index contributed by atoms with van der Waals surface area (Å²) in [6.07, 6.45) is 1.76. The molecule has 146 valence electrons. The highest BCUT2D eigenvalue weighted by atomic mass is 32.2. The van der Waals surface area contributed by atoms with E-state index in [0.29, 0.717) is 11.1 Å². The second-order valence-electron chi connectivity index (χ2n) is 6.26. The van der Waals surface area contributed by atoms with Gasteiger partial charge in [0.1, 0.15) is 5.75 Å². The number of ether oxygens (including phenoxy) is 1. The highest BCUT2D eigenvalue weighted by Crippen LogP contribution is 2.29. The number of pyridine rings is 1. The van der Waals surface area contributed by atoms with Crippen LogP contribution in [0, 0.1) is 0 Å². The predicted octanol–water partition coefficient (Wildman–Crippen LogP) is 2.10. The average Bonchev–Trinajstić information content (AvgIpc) is 2.61. The van der Waals surface area contributed by atoms with Crippen molar-refractivity contribution in [1.82, 2.24) is 4.57 Å². The predicted molar refractivity (Wildman–Crippen MR) is 98.2 cm³/mol. The van der Waals surface area contributed by atoms with E-state index in [-0.39, 0.29) is 18.7 Å². The van der Waals surface area contributed by atoms with Gasteiger partial charge in [0.25, 0.3) is 5.56 Å². The molecule has 0 saturated carbocycles. The van der Waals surface area contributed by atoms with E-state index in [4.69, 9.17) is 4.74 Å². The van der Waals surface area contributed by atoms with Crippen molar-refractivity contribution in [2.24, 2.45) is 0 Å². The minimum absolute atomic E-state index is 0.0969. The van der Waals surface area contributed by atoms with Gasteiger partial charge in [0, 0.05) is 24.4 Å². The first-order chi connectivity index (χ1) is 12.6. The highest BCUT2D eigenvalue weighted by Gasteiger charge is 2.43. The quantitative estimate of drug-likeness (QED) is 0.732. The van der Waals surface area contributed by atoms with Crippen LogP contribution < -0.4 is 10.3 Å². The van der Waals surface area contributed by atoms with E-state index >= 15 is 0 Å². The number of hydrogen-bond donors (Lipinski definition) is 1. The molecule has 1 aromatic carbocycles. The highest BCUT2D eigenvalue weighted by molar-refractivity contribution is 7.92. The Morgan fingerprint density at radius 2 is 1.93 bits per heavy atom. The summed E-state index contributed by atoms with van der Waals surface area (Å²) in [5.74, 6) is -1.40. The van der Waals surface area contributed by atoms with Crippen molar-refractivity contribution in [1.29, 1.82) is 0 Å². The van der Waals surface area contributed by atoms with Crippen molar-refractivity contribution in [2.45, 2.75) is 24.6 Å². The van der Waals surface area contributed by atoms with E-state index in [1.807, 2.05) is 0 Å². The molecule has 1 aromatic heterocycles. The van der Waals surface area contributed by atoms with E-state index in [2.05, 4.69) is 0 Å². The maximum absolute atomic E-state index is 12.8. The molecule has 0 aliphatic heterocycles. The van der Waals surface area contributed by atoms with Gasteiger partial charge >= 0.3 is 5.97 Å². The summed E-state index contributed by atoms with van der Waals surface area (Å²) in [6, 6.07) is 10.0. The Bertz CT molecular complexity index is 987. The molecule has 0 radical (unpaired) electrons. The van der Waals surface area contributed by atoms with Crippen molar-refractivity contribution in [3.63, 3.8) is 0 Å². The molecule has 2 rings (SSSR count). The molecule has 27 heavy (non-hydrogen) atoms. The number of carboxylic acids is 1. The van der Waals surface area contributed by atoms with Crippen LogP contribution in [0.4, 0.5) is 4.39 Å². The monoisotopic (exact) mass is 397 g/mol. The molecule has 0 aliphatic rings. The largest absolute Gasteiger partial charge is 0.480 e. The number of carbonyl (C=O) groups is 1. The van der Waals surface area contributed by atoms with Gasteiger partial charge in [0.05, 0.1) is 6.20 Å². The van der Waals surface area contributed by atoms with Crippen molar-refractivity contribution < 1.29 is 27.4 Å².